The lowest BCUT2D eigenvalue weighted by Gasteiger charge is -2.52. The van der Waals surface area contributed by atoms with Crippen LogP contribution in [0.1, 0.15) is 33.1 Å². The van der Waals surface area contributed by atoms with Crippen LogP contribution in [0, 0.1) is 11.2 Å². The molecule has 2 rings (SSSR count). The number of rotatable bonds is 4. The van der Waals surface area contributed by atoms with E-state index in [4.69, 9.17) is 4.74 Å². The summed E-state index contributed by atoms with van der Waals surface area (Å²) in [5, 5.41) is 9.96. The van der Waals surface area contributed by atoms with Gasteiger partial charge < -0.3 is 9.84 Å². The molecule has 0 aliphatic heterocycles. The van der Waals surface area contributed by atoms with Crippen LogP contribution in [0.4, 0.5) is 4.39 Å². The van der Waals surface area contributed by atoms with Crippen LogP contribution < -0.4 is 4.74 Å². The van der Waals surface area contributed by atoms with Crippen molar-refractivity contribution in [1.29, 1.82) is 0 Å². The first kappa shape index (κ1) is 13.8. The molecule has 0 heterocycles. The molecule has 100 valence electrons. The molecule has 0 saturated heterocycles. The predicted octanol–water partition coefficient (Wildman–Crippen LogP) is 3.91. The van der Waals surface area contributed by atoms with Gasteiger partial charge in [0.15, 0.2) is 0 Å². The average molecular weight is 317 g/mol. The second-order valence-corrected chi connectivity index (χ2v) is 5.73. The van der Waals surface area contributed by atoms with Crippen LogP contribution in [-0.2, 0) is 0 Å². The summed E-state index contributed by atoms with van der Waals surface area (Å²) in [6.07, 6.45) is 2.15. The zero-order valence-corrected chi connectivity index (χ0v) is 12.2. The zero-order chi connectivity index (χ0) is 13.3. The quantitative estimate of drug-likeness (QED) is 0.912. The summed E-state index contributed by atoms with van der Waals surface area (Å²) in [5.41, 5.74) is -0.152. The zero-order valence-electron chi connectivity index (χ0n) is 10.6. The van der Waals surface area contributed by atoms with Crippen LogP contribution in [0.3, 0.4) is 0 Å². The van der Waals surface area contributed by atoms with E-state index in [1.807, 2.05) is 0 Å². The number of benzene rings is 1. The van der Waals surface area contributed by atoms with E-state index in [0.717, 1.165) is 12.8 Å². The van der Waals surface area contributed by atoms with Gasteiger partial charge in [0.05, 0.1) is 10.6 Å². The van der Waals surface area contributed by atoms with Gasteiger partial charge in [0.25, 0.3) is 0 Å². The Kier molecular flexibility index (Phi) is 3.97. The van der Waals surface area contributed by atoms with E-state index in [2.05, 4.69) is 29.8 Å². The van der Waals surface area contributed by atoms with E-state index in [1.165, 1.54) is 6.07 Å². The Labute approximate surface area is 115 Å². The molecule has 2 unspecified atom stereocenters. The Hall–Kier alpha value is -0.610. The van der Waals surface area contributed by atoms with Crippen molar-refractivity contribution in [2.24, 2.45) is 5.41 Å². The topological polar surface area (TPSA) is 29.5 Å². The lowest BCUT2D eigenvalue weighted by atomic mass is 9.60. The summed E-state index contributed by atoms with van der Waals surface area (Å²) in [5.74, 6) is 0.347. The van der Waals surface area contributed by atoms with Gasteiger partial charge >= 0.3 is 0 Å². The molecular weight excluding hydrogens is 299 g/mol. The number of ether oxygens (including phenoxy) is 1. The molecule has 1 aromatic rings. The van der Waals surface area contributed by atoms with Gasteiger partial charge in [-0.1, -0.05) is 13.8 Å². The van der Waals surface area contributed by atoms with Gasteiger partial charge in [0.2, 0.25) is 0 Å². The standard InChI is InChI=1S/C14H18BrFO2/c1-3-14(4-2)12(17)8-13(14)18-9-5-6-11(16)10(15)7-9/h5-7,12-13,17H,3-4,8H2,1-2H3. The third-order valence-electron chi connectivity index (χ3n) is 4.23. The number of hydrogen-bond donors (Lipinski definition) is 1. The minimum Gasteiger partial charge on any atom is -0.490 e. The second kappa shape index (κ2) is 5.17. The fraction of sp³-hybridized carbons (Fsp3) is 0.571. The summed E-state index contributed by atoms with van der Waals surface area (Å²) >= 11 is 3.15. The first-order valence-electron chi connectivity index (χ1n) is 6.33. The smallest absolute Gasteiger partial charge is 0.137 e. The molecule has 1 aliphatic carbocycles. The molecule has 4 heteroatoms. The summed E-state index contributed by atoms with van der Waals surface area (Å²) in [6.45, 7) is 4.14. The highest BCUT2D eigenvalue weighted by atomic mass is 79.9. The predicted molar refractivity (Wildman–Crippen MR) is 72.2 cm³/mol. The van der Waals surface area contributed by atoms with E-state index in [0.29, 0.717) is 16.6 Å². The van der Waals surface area contributed by atoms with Crippen LogP contribution in [0.15, 0.2) is 22.7 Å². The van der Waals surface area contributed by atoms with Crippen LogP contribution in [-0.4, -0.2) is 17.3 Å². The SMILES string of the molecule is CCC1(CC)C(O)CC1Oc1ccc(F)c(Br)c1. The summed E-state index contributed by atoms with van der Waals surface area (Å²) < 4.78 is 19.4. The van der Waals surface area contributed by atoms with Crippen LogP contribution in [0.2, 0.25) is 0 Å². The number of halogens is 2. The molecule has 0 radical (unpaired) electrons. The van der Waals surface area contributed by atoms with E-state index in [9.17, 15) is 9.50 Å². The average Bonchev–Trinajstić information content (AvgIpc) is 2.35. The summed E-state index contributed by atoms with van der Waals surface area (Å²) in [6, 6.07) is 4.64. The van der Waals surface area contributed by atoms with Crippen molar-refractivity contribution in [1.82, 2.24) is 0 Å². The highest BCUT2D eigenvalue weighted by molar-refractivity contribution is 9.10. The lowest BCUT2D eigenvalue weighted by molar-refractivity contribution is -0.159. The van der Waals surface area contributed by atoms with Crippen molar-refractivity contribution >= 4 is 15.9 Å². The molecule has 1 aliphatic rings. The maximum atomic E-state index is 13.1. The van der Waals surface area contributed by atoms with Crippen molar-refractivity contribution in [3.05, 3.63) is 28.5 Å². The fourth-order valence-corrected chi connectivity index (χ4v) is 3.14. The van der Waals surface area contributed by atoms with Crippen LogP contribution in [0.5, 0.6) is 5.75 Å². The lowest BCUT2D eigenvalue weighted by Crippen LogP contribution is -2.59. The number of aliphatic hydroxyl groups excluding tert-OH is 1. The third kappa shape index (κ3) is 2.16. The highest BCUT2D eigenvalue weighted by Crippen LogP contribution is 2.49. The minimum atomic E-state index is -0.298. The molecule has 1 fully saturated rings. The van der Waals surface area contributed by atoms with Gasteiger partial charge in [-0.05, 0) is 47.0 Å². The van der Waals surface area contributed by atoms with Crippen LogP contribution in [0.25, 0.3) is 0 Å². The molecule has 0 bridgehead atoms. The Morgan fingerprint density at radius 1 is 1.44 bits per heavy atom. The minimum absolute atomic E-state index is 0.0138. The van der Waals surface area contributed by atoms with E-state index in [1.54, 1.807) is 12.1 Å². The van der Waals surface area contributed by atoms with Gasteiger partial charge in [0, 0.05) is 11.8 Å². The van der Waals surface area contributed by atoms with Crippen molar-refractivity contribution in [3.8, 4) is 5.75 Å². The first-order chi connectivity index (χ1) is 8.53. The van der Waals surface area contributed by atoms with Crippen molar-refractivity contribution < 1.29 is 14.2 Å². The van der Waals surface area contributed by atoms with E-state index < -0.39 is 0 Å². The maximum Gasteiger partial charge on any atom is 0.137 e. The molecule has 18 heavy (non-hydrogen) atoms. The van der Waals surface area contributed by atoms with Crippen LogP contribution >= 0.6 is 15.9 Å². The van der Waals surface area contributed by atoms with E-state index >= 15 is 0 Å². The Balaban J connectivity index is 2.12. The molecule has 2 nitrogen and oxygen atoms in total. The molecule has 1 N–H and O–H groups in total. The van der Waals surface area contributed by atoms with E-state index in [-0.39, 0.29) is 23.4 Å². The number of hydrogen-bond acceptors (Lipinski definition) is 2. The monoisotopic (exact) mass is 316 g/mol. The largest absolute Gasteiger partial charge is 0.490 e. The van der Waals surface area contributed by atoms with Crippen molar-refractivity contribution in [3.63, 3.8) is 0 Å². The molecule has 0 spiro atoms. The van der Waals surface area contributed by atoms with Gasteiger partial charge in [0.1, 0.15) is 17.7 Å². The highest BCUT2D eigenvalue weighted by Gasteiger charge is 2.53. The number of aliphatic hydroxyl groups is 1. The fourth-order valence-electron chi connectivity index (χ4n) is 2.78. The molecule has 2 atom stereocenters. The van der Waals surface area contributed by atoms with Gasteiger partial charge in [-0.3, -0.25) is 0 Å². The first-order valence-corrected chi connectivity index (χ1v) is 7.12. The Morgan fingerprint density at radius 2 is 2.11 bits per heavy atom. The second-order valence-electron chi connectivity index (χ2n) is 4.87. The summed E-state index contributed by atoms with van der Waals surface area (Å²) in [4.78, 5) is 0. The molecule has 0 amide bonds. The van der Waals surface area contributed by atoms with Gasteiger partial charge in [-0.2, -0.15) is 0 Å². The Bertz CT molecular complexity index is 432. The van der Waals surface area contributed by atoms with Gasteiger partial charge in [-0.25, -0.2) is 4.39 Å². The third-order valence-corrected chi connectivity index (χ3v) is 4.84. The molecule has 1 aromatic carbocycles. The maximum absolute atomic E-state index is 13.1. The normalized spacial score (nSPS) is 25.6. The molecule has 0 aromatic heterocycles. The summed E-state index contributed by atoms with van der Waals surface area (Å²) in [7, 11) is 0. The Morgan fingerprint density at radius 3 is 2.61 bits per heavy atom. The van der Waals surface area contributed by atoms with Gasteiger partial charge in [-0.15, -0.1) is 0 Å². The van der Waals surface area contributed by atoms with Crippen molar-refractivity contribution in [2.45, 2.75) is 45.3 Å². The molecular formula is C14H18BrFO2. The molecule has 1 saturated carbocycles. The van der Waals surface area contributed by atoms with Crippen molar-refractivity contribution in [2.75, 3.05) is 0 Å².